The Hall–Kier alpha value is -2.43. The van der Waals surface area contributed by atoms with Gasteiger partial charge < -0.3 is 15.0 Å². The second-order valence-corrected chi connectivity index (χ2v) is 15.8. The van der Waals surface area contributed by atoms with Crippen LogP contribution in [0.25, 0.3) is 11.0 Å². The second-order valence-electron chi connectivity index (χ2n) is 10.2. The Morgan fingerprint density at radius 3 is 2.52 bits per heavy atom. The fourth-order valence-electron chi connectivity index (χ4n) is 4.50. The molecule has 10 heteroatoms. The molecule has 0 radical (unpaired) electrons. The monoisotopic (exact) mass is 473 g/mol. The average molecular weight is 474 g/mol. The molecule has 0 spiro atoms. The molecular weight excluding hydrogens is 438 g/mol. The fraction of sp³-hybridized carbons (Fsp3) is 0.609. The maximum absolute atomic E-state index is 13.3. The molecule has 9 nitrogen and oxygen atoms in total. The normalized spacial score (nSPS) is 20.2. The second kappa shape index (κ2) is 9.44. The van der Waals surface area contributed by atoms with E-state index < -0.39 is 14.1 Å². The maximum atomic E-state index is 13.3. The van der Waals surface area contributed by atoms with Gasteiger partial charge in [-0.05, 0) is 30.7 Å². The number of rotatable bonds is 7. The van der Waals surface area contributed by atoms with Crippen LogP contribution in [0.4, 0.5) is 5.69 Å². The van der Waals surface area contributed by atoms with Gasteiger partial charge in [0.25, 0.3) is 5.91 Å². The lowest BCUT2D eigenvalue weighted by Crippen LogP contribution is -2.48. The summed E-state index contributed by atoms with van der Waals surface area (Å²) in [5, 5.41) is 3.35. The summed E-state index contributed by atoms with van der Waals surface area (Å²) in [6.45, 7) is 10.9. The van der Waals surface area contributed by atoms with Crippen LogP contribution < -0.4 is 15.9 Å². The minimum absolute atomic E-state index is 0.0503. The Morgan fingerprint density at radius 1 is 1.09 bits per heavy atom. The third-order valence-corrected chi connectivity index (χ3v) is 8.27. The highest BCUT2D eigenvalue weighted by molar-refractivity contribution is 6.76. The number of imide groups is 1. The third-order valence-electron chi connectivity index (χ3n) is 6.57. The molecule has 1 atom stereocenters. The molecule has 180 valence electrons. The van der Waals surface area contributed by atoms with Gasteiger partial charge in [0.1, 0.15) is 12.8 Å². The van der Waals surface area contributed by atoms with Gasteiger partial charge in [0.2, 0.25) is 5.91 Å². The van der Waals surface area contributed by atoms with Crippen molar-refractivity contribution >= 4 is 36.6 Å². The zero-order valence-corrected chi connectivity index (χ0v) is 21.1. The highest BCUT2D eigenvalue weighted by Crippen LogP contribution is 2.29. The van der Waals surface area contributed by atoms with Crippen molar-refractivity contribution in [1.82, 2.24) is 19.4 Å². The third kappa shape index (κ3) is 4.92. The predicted molar refractivity (Wildman–Crippen MR) is 131 cm³/mol. The standard InChI is InChI=1S/C23H35N5O4Si/c1-25-20-15-17(26-11-9-24-10-12-26)5-6-18(20)28(23(25)31)19-7-8-21(29)27(22(19)30)16-32-13-14-33(2,3)4/h5-6,15,19,24H,7-14,16H2,1-4H3. The Kier molecular flexibility index (Phi) is 6.78. The van der Waals surface area contributed by atoms with Gasteiger partial charge in [0, 0.05) is 60.0 Å². The van der Waals surface area contributed by atoms with Crippen LogP contribution in [0, 0.1) is 0 Å². The number of anilines is 1. The SMILES string of the molecule is Cn1c(=O)n(C2CCC(=O)N(COCC[Si](C)(C)C)C2=O)c2ccc(N3CCNCC3)cc21. The number of hydrogen-bond acceptors (Lipinski definition) is 6. The van der Waals surface area contributed by atoms with E-state index in [4.69, 9.17) is 4.74 Å². The van der Waals surface area contributed by atoms with Crippen molar-refractivity contribution in [3.8, 4) is 0 Å². The van der Waals surface area contributed by atoms with Crippen molar-refractivity contribution < 1.29 is 14.3 Å². The number of carbonyl (C=O) groups excluding carboxylic acids is 2. The van der Waals surface area contributed by atoms with Crippen LogP contribution in [0.1, 0.15) is 18.9 Å². The topological polar surface area (TPSA) is 88.8 Å². The van der Waals surface area contributed by atoms with Gasteiger partial charge in [0.15, 0.2) is 0 Å². The first-order chi connectivity index (χ1) is 15.7. The molecule has 0 saturated carbocycles. The Balaban J connectivity index is 1.58. The van der Waals surface area contributed by atoms with E-state index >= 15 is 0 Å². The molecule has 3 heterocycles. The van der Waals surface area contributed by atoms with E-state index in [1.807, 2.05) is 18.2 Å². The van der Waals surface area contributed by atoms with Crippen LogP contribution in [-0.2, 0) is 21.4 Å². The number of nitrogens with one attached hydrogen (secondary N) is 1. The van der Waals surface area contributed by atoms with Crippen LogP contribution in [0.15, 0.2) is 23.0 Å². The number of piperidine rings is 1. The number of benzene rings is 1. The molecule has 1 aromatic heterocycles. The highest BCUT2D eigenvalue weighted by atomic mass is 28.3. The molecule has 33 heavy (non-hydrogen) atoms. The summed E-state index contributed by atoms with van der Waals surface area (Å²) in [5.74, 6) is -0.599. The summed E-state index contributed by atoms with van der Waals surface area (Å²) < 4.78 is 8.85. The molecular formula is C23H35N5O4Si. The zero-order valence-electron chi connectivity index (χ0n) is 20.1. The van der Waals surface area contributed by atoms with Crippen molar-refractivity contribution in [3.63, 3.8) is 0 Å². The summed E-state index contributed by atoms with van der Waals surface area (Å²) in [7, 11) is 0.469. The molecule has 1 N–H and O–H groups in total. The van der Waals surface area contributed by atoms with E-state index in [2.05, 4.69) is 29.9 Å². The zero-order chi connectivity index (χ0) is 23.8. The van der Waals surface area contributed by atoms with Crippen molar-refractivity contribution in [3.05, 3.63) is 28.7 Å². The largest absolute Gasteiger partial charge is 0.369 e. The van der Waals surface area contributed by atoms with Crippen molar-refractivity contribution in [2.75, 3.05) is 44.4 Å². The Labute approximate surface area is 195 Å². The number of carbonyl (C=O) groups is 2. The Bertz CT molecular complexity index is 1100. The quantitative estimate of drug-likeness (QED) is 0.374. The van der Waals surface area contributed by atoms with Gasteiger partial charge in [0.05, 0.1) is 11.0 Å². The minimum Gasteiger partial charge on any atom is -0.369 e. The van der Waals surface area contributed by atoms with E-state index in [1.165, 1.54) is 4.90 Å². The lowest BCUT2D eigenvalue weighted by Gasteiger charge is -2.31. The molecule has 2 saturated heterocycles. The summed E-state index contributed by atoms with van der Waals surface area (Å²) >= 11 is 0. The molecule has 2 fully saturated rings. The van der Waals surface area contributed by atoms with Crippen LogP contribution >= 0.6 is 0 Å². The molecule has 2 aliphatic rings. The van der Waals surface area contributed by atoms with Gasteiger partial charge in [-0.25, -0.2) is 4.79 Å². The number of ether oxygens (including phenoxy) is 1. The fourth-order valence-corrected chi connectivity index (χ4v) is 5.26. The minimum atomic E-state index is -1.27. The lowest BCUT2D eigenvalue weighted by molar-refractivity contribution is -0.157. The number of hydrogen-bond donors (Lipinski definition) is 1. The number of nitrogens with zero attached hydrogens (tertiary/aromatic N) is 4. The van der Waals surface area contributed by atoms with E-state index in [1.54, 1.807) is 16.2 Å². The highest BCUT2D eigenvalue weighted by Gasteiger charge is 2.37. The number of amides is 2. The molecule has 1 unspecified atom stereocenters. The van der Waals surface area contributed by atoms with Crippen molar-refractivity contribution in [1.29, 1.82) is 0 Å². The van der Waals surface area contributed by atoms with Crippen LogP contribution in [0.5, 0.6) is 0 Å². The van der Waals surface area contributed by atoms with Gasteiger partial charge in [-0.3, -0.25) is 23.6 Å². The van der Waals surface area contributed by atoms with E-state index in [-0.39, 0.29) is 30.7 Å². The van der Waals surface area contributed by atoms with E-state index in [9.17, 15) is 14.4 Å². The number of fused-ring (bicyclic) bond motifs is 1. The molecule has 4 rings (SSSR count). The van der Waals surface area contributed by atoms with E-state index in [0.29, 0.717) is 18.5 Å². The molecule has 2 aromatic rings. The van der Waals surface area contributed by atoms with E-state index in [0.717, 1.165) is 43.4 Å². The first-order valence-corrected chi connectivity index (χ1v) is 15.5. The predicted octanol–water partition coefficient (Wildman–Crippen LogP) is 1.75. The average Bonchev–Trinajstić information content (AvgIpc) is 3.03. The number of aromatic nitrogens is 2. The van der Waals surface area contributed by atoms with Crippen molar-refractivity contribution in [2.24, 2.45) is 7.05 Å². The van der Waals surface area contributed by atoms with Gasteiger partial charge in [-0.2, -0.15) is 0 Å². The van der Waals surface area contributed by atoms with Gasteiger partial charge >= 0.3 is 5.69 Å². The van der Waals surface area contributed by atoms with Gasteiger partial charge in [-0.1, -0.05) is 19.6 Å². The molecule has 0 bridgehead atoms. The van der Waals surface area contributed by atoms with Crippen molar-refractivity contribution in [2.45, 2.75) is 44.6 Å². The lowest BCUT2D eigenvalue weighted by atomic mass is 10.0. The molecule has 2 aliphatic heterocycles. The summed E-state index contributed by atoms with van der Waals surface area (Å²) in [6.07, 6.45) is 0.539. The smallest absolute Gasteiger partial charge is 0.329 e. The molecule has 2 amide bonds. The number of likely N-dealkylation sites (tertiary alicyclic amines) is 1. The molecule has 1 aromatic carbocycles. The summed E-state index contributed by atoms with van der Waals surface area (Å²) in [6, 6.07) is 6.22. The van der Waals surface area contributed by atoms with Crippen LogP contribution in [-0.4, -0.2) is 73.4 Å². The summed E-state index contributed by atoms with van der Waals surface area (Å²) in [5.41, 5.74) is 2.33. The number of aryl methyl sites for hydroxylation is 1. The first kappa shape index (κ1) is 23.7. The van der Waals surface area contributed by atoms with Crippen LogP contribution in [0.2, 0.25) is 25.7 Å². The summed E-state index contributed by atoms with van der Waals surface area (Å²) in [4.78, 5) is 42.4. The maximum Gasteiger partial charge on any atom is 0.329 e. The molecule has 0 aliphatic carbocycles. The number of imidazole rings is 1. The Morgan fingerprint density at radius 2 is 1.82 bits per heavy atom. The number of piperazine rings is 1. The van der Waals surface area contributed by atoms with Crippen LogP contribution in [0.3, 0.4) is 0 Å². The first-order valence-electron chi connectivity index (χ1n) is 11.8. The van der Waals surface area contributed by atoms with Gasteiger partial charge in [-0.15, -0.1) is 0 Å².